The molecule has 0 radical (unpaired) electrons. The summed E-state index contributed by atoms with van der Waals surface area (Å²) in [6.45, 7) is 2.68. The van der Waals surface area contributed by atoms with E-state index in [1.807, 2.05) is 0 Å². The van der Waals surface area contributed by atoms with Crippen molar-refractivity contribution in [2.45, 2.75) is 13.3 Å². The molecule has 1 aromatic rings. The normalized spacial score (nSPS) is 11.8. The molecule has 0 fully saturated rings. The Labute approximate surface area is 119 Å². The van der Waals surface area contributed by atoms with E-state index in [1.54, 1.807) is 25.3 Å². The number of hydrogen-bond acceptors (Lipinski definition) is 5. The largest absolute Gasteiger partial charge is 0.493 e. The third kappa shape index (κ3) is 4.35. The van der Waals surface area contributed by atoms with E-state index in [-0.39, 0.29) is 0 Å². The molecule has 0 saturated heterocycles. The Bertz CT molecular complexity index is 416. The van der Waals surface area contributed by atoms with E-state index in [9.17, 15) is 4.79 Å². The van der Waals surface area contributed by atoms with Crippen LogP contribution in [0.5, 0.6) is 11.5 Å². The van der Waals surface area contributed by atoms with E-state index < -0.39 is 5.97 Å². The van der Waals surface area contributed by atoms with E-state index in [0.717, 1.165) is 12.2 Å². The van der Waals surface area contributed by atoms with Crippen molar-refractivity contribution in [3.05, 3.63) is 23.8 Å². The van der Waals surface area contributed by atoms with E-state index in [1.165, 1.54) is 7.11 Å². The average Bonchev–Trinajstić information content (AvgIpc) is 2.47. The lowest BCUT2D eigenvalue weighted by molar-refractivity contribution is 0.0600. The second-order valence-corrected chi connectivity index (χ2v) is 4.49. The molecule has 0 N–H and O–H groups in total. The van der Waals surface area contributed by atoms with Crippen molar-refractivity contribution in [1.29, 1.82) is 0 Å². The first-order valence-electron chi connectivity index (χ1n) is 6.16. The number of methoxy groups -OCH3 is 2. The summed E-state index contributed by atoms with van der Waals surface area (Å²) in [5.41, 5.74) is 0.438. The van der Waals surface area contributed by atoms with Crippen LogP contribution in [0, 0.1) is 5.92 Å². The Morgan fingerprint density at radius 3 is 2.58 bits per heavy atom. The first-order chi connectivity index (χ1) is 9.15. The van der Waals surface area contributed by atoms with Crippen molar-refractivity contribution in [2.24, 2.45) is 5.92 Å². The van der Waals surface area contributed by atoms with Gasteiger partial charge in [-0.2, -0.15) is 12.6 Å². The standard InChI is InChI=1S/C14H20O4S/c1-4-10(9-19)8-18-12-6-5-11(14(15)17-3)7-13(12)16-2/h5-7,10,19H,4,8-9H2,1-3H3. The Balaban J connectivity index is 2.81. The van der Waals surface area contributed by atoms with Crippen LogP contribution in [0.1, 0.15) is 23.7 Å². The molecule has 0 amide bonds. The van der Waals surface area contributed by atoms with Gasteiger partial charge in [0.15, 0.2) is 11.5 Å². The molecule has 0 spiro atoms. The van der Waals surface area contributed by atoms with E-state index >= 15 is 0 Å². The number of benzene rings is 1. The van der Waals surface area contributed by atoms with Gasteiger partial charge in [0.1, 0.15) is 0 Å². The quantitative estimate of drug-likeness (QED) is 0.618. The first-order valence-corrected chi connectivity index (χ1v) is 6.79. The molecule has 4 nitrogen and oxygen atoms in total. The smallest absolute Gasteiger partial charge is 0.337 e. The van der Waals surface area contributed by atoms with Crippen molar-refractivity contribution in [3.8, 4) is 11.5 Å². The molecule has 0 heterocycles. The molecule has 0 aliphatic rings. The number of carbonyl (C=O) groups excluding carboxylic acids is 1. The lowest BCUT2D eigenvalue weighted by Crippen LogP contribution is -2.13. The maximum Gasteiger partial charge on any atom is 0.337 e. The highest BCUT2D eigenvalue weighted by Crippen LogP contribution is 2.29. The molecule has 5 heteroatoms. The summed E-state index contributed by atoms with van der Waals surface area (Å²) in [7, 11) is 2.89. The van der Waals surface area contributed by atoms with Crippen LogP contribution in [0.3, 0.4) is 0 Å². The predicted octanol–water partition coefficient (Wildman–Crippen LogP) is 2.82. The van der Waals surface area contributed by atoms with Gasteiger partial charge in [0.05, 0.1) is 26.4 Å². The maximum atomic E-state index is 11.4. The molecule has 0 aliphatic heterocycles. The van der Waals surface area contributed by atoms with Gasteiger partial charge in [0, 0.05) is 5.92 Å². The number of thiol groups is 1. The zero-order valence-corrected chi connectivity index (χ0v) is 12.4. The third-order valence-corrected chi connectivity index (χ3v) is 3.41. The minimum absolute atomic E-state index is 0.397. The van der Waals surface area contributed by atoms with Crippen LogP contribution in [-0.2, 0) is 4.74 Å². The predicted molar refractivity (Wildman–Crippen MR) is 77.5 cm³/mol. The van der Waals surface area contributed by atoms with Gasteiger partial charge in [-0.3, -0.25) is 0 Å². The third-order valence-electron chi connectivity index (χ3n) is 2.89. The minimum atomic E-state index is -0.397. The Kier molecular flexibility index (Phi) is 6.56. The van der Waals surface area contributed by atoms with Gasteiger partial charge in [0.2, 0.25) is 0 Å². The molecular formula is C14H20O4S. The van der Waals surface area contributed by atoms with Gasteiger partial charge in [-0.1, -0.05) is 6.92 Å². The fourth-order valence-corrected chi connectivity index (χ4v) is 1.90. The van der Waals surface area contributed by atoms with Gasteiger partial charge in [0.25, 0.3) is 0 Å². The summed E-state index contributed by atoms with van der Waals surface area (Å²) < 4.78 is 15.6. The molecule has 1 atom stereocenters. The molecule has 106 valence electrons. The number of ether oxygens (including phenoxy) is 3. The number of hydrogen-bond donors (Lipinski definition) is 1. The van der Waals surface area contributed by atoms with E-state index in [4.69, 9.17) is 9.47 Å². The molecule has 1 rings (SSSR count). The molecule has 0 aliphatic carbocycles. The van der Waals surface area contributed by atoms with Crippen LogP contribution in [0.2, 0.25) is 0 Å². The molecule has 1 aromatic carbocycles. The molecule has 1 unspecified atom stereocenters. The summed E-state index contributed by atoms with van der Waals surface area (Å²) in [6, 6.07) is 4.99. The van der Waals surface area contributed by atoms with Crippen LogP contribution in [0.4, 0.5) is 0 Å². The van der Waals surface area contributed by atoms with Gasteiger partial charge < -0.3 is 14.2 Å². The van der Waals surface area contributed by atoms with Crippen molar-refractivity contribution >= 4 is 18.6 Å². The van der Waals surface area contributed by atoms with Gasteiger partial charge in [-0.05, 0) is 30.4 Å². The second kappa shape index (κ2) is 7.94. The number of carbonyl (C=O) groups is 1. The summed E-state index contributed by atoms with van der Waals surface area (Å²) in [5.74, 6) is 1.92. The monoisotopic (exact) mass is 284 g/mol. The Morgan fingerprint density at radius 1 is 1.32 bits per heavy atom. The van der Waals surface area contributed by atoms with Crippen LogP contribution >= 0.6 is 12.6 Å². The molecular weight excluding hydrogens is 264 g/mol. The molecule has 0 saturated carbocycles. The fourth-order valence-electron chi connectivity index (χ4n) is 1.54. The van der Waals surface area contributed by atoms with Crippen LogP contribution < -0.4 is 9.47 Å². The summed E-state index contributed by atoms with van der Waals surface area (Å²) in [4.78, 5) is 11.4. The van der Waals surface area contributed by atoms with Crippen molar-refractivity contribution in [2.75, 3.05) is 26.6 Å². The summed E-state index contributed by atoms with van der Waals surface area (Å²) in [5, 5.41) is 0. The van der Waals surface area contributed by atoms with Gasteiger partial charge in [-0.25, -0.2) is 4.79 Å². The number of esters is 1. The van der Waals surface area contributed by atoms with Crippen LogP contribution in [-0.4, -0.2) is 32.5 Å². The van der Waals surface area contributed by atoms with Crippen LogP contribution in [0.15, 0.2) is 18.2 Å². The topological polar surface area (TPSA) is 44.8 Å². The lowest BCUT2D eigenvalue weighted by atomic mass is 10.1. The average molecular weight is 284 g/mol. The lowest BCUT2D eigenvalue weighted by Gasteiger charge is -2.15. The van der Waals surface area contributed by atoms with Crippen molar-refractivity contribution in [1.82, 2.24) is 0 Å². The Morgan fingerprint density at radius 2 is 2.05 bits per heavy atom. The molecule has 0 bridgehead atoms. The van der Waals surface area contributed by atoms with E-state index in [2.05, 4.69) is 24.3 Å². The highest BCUT2D eigenvalue weighted by Gasteiger charge is 2.12. The summed E-state index contributed by atoms with van der Waals surface area (Å²) in [6.07, 6.45) is 1.01. The van der Waals surface area contributed by atoms with Crippen LogP contribution in [0.25, 0.3) is 0 Å². The first kappa shape index (κ1) is 15.7. The van der Waals surface area contributed by atoms with Crippen molar-refractivity contribution in [3.63, 3.8) is 0 Å². The minimum Gasteiger partial charge on any atom is -0.493 e. The highest BCUT2D eigenvalue weighted by atomic mass is 32.1. The summed E-state index contributed by atoms with van der Waals surface area (Å²) >= 11 is 4.27. The van der Waals surface area contributed by atoms with E-state index in [0.29, 0.717) is 29.6 Å². The molecule has 19 heavy (non-hydrogen) atoms. The zero-order chi connectivity index (χ0) is 14.3. The van der Waals surface area contributed by atoms with Gasteiger partial charge >= 0.3 is 5.97 Å². The van der Waals surface area contributed by atoms with Crippen molar-refractivity contribution < 1.29 is 19.0 Å². The highest BCUT2D eigenvalue weighted by molar-refractivity contribution is 7.80. The van der Waals surface area contributed by atoms with Gasteiger partial charge in [-0.15, -0.1) is 0 Å². The second-order valence-electron chi connectivity index (χ2n) is 4.13. The maximum absolute atomic E-state index is 11.4. The zero-order valence-electron chi connectivity index (χ0n) is 11.5. The Hall–Kier alpha value is -1.36. The SMILES string of the molecule is CCC(CS)COc1ccc(C(=O)OC)cc1OC. The molecule has 0 aromatic heterocycles. The number of rotatable bonds is 7. The fraction of sp³-hybridized carbons (Fsp3) is 0.500.